The summed E-state index contributed by atoms with van der Waals surface area (Å²) < 4.78 is 33.6. The van der Waals surface area contributed by atoms with Crippen LogP contribution in [0.5, 0.6) is 0 Å². The minimum Gasteiger partial charge on any atom is -0.858 e. The number of nitrogens with zero attached hydrogens (tertiary/aromatic N) is 2. The lowest BCUT2D eigenvalue weighted by Gasteiger charge is -2.31. The van der Waals surface area contributed by atoms with E-state index in [0.29, 0.717) is 37.0 Å². The van der Waals surface area contributed by atoms with Gasteiger partial charge in [-0.2, -0.15) is 0 Å². The molecule has 2 heterocycles. The van der Waals surface area contributed by atoms with Crippen molar-refractivity contribution >= 4 is 55.9 Å². The average molecular weight is 519 g/mol. The fraction of sp³-hybridized carbons (Fsp3) is 0.292. The van der Waals surface area contributed by atoms with Gasteiger partial charge in [0.1, 0.15) is 0 Å². The first-order valence-corrected chi connectivity index (χ1v) is 13.5. The summed E-state index contributed by atoms with van der Waals surface area (Å²) in [5.41, 5.74) is 4.11. The van der Waals surface area contributed by atoms with Crippen LogP contribution < -0.4 is 14.7 Å². The van der Waals surface area contributed by atoms with E-state index in [0.717, 1.165) is 33.7 Å². The van der Waals surface area contributed by atoms with Gasteiger partial charge in [0.15, 0.2) is 0 Å². The zero-order valence-electron chi connectivity index (χ0n) is 19.1. The Morgan fingerprint density at radius 3 is 2.50 bits per heavy atom. The second-order valence-electron chi connectivity index (χ2n) is 8.10. The second-order valence-corrected chi connectivity index (χ2v) is 11.1. The van der Waals surface area contributed by atoms with Crippen LogP contribution in [0, 0.1) is 20.8 Å². The summed E-state index contributed by atoms with van der Waals surface area (Å²) in [6, 6.07) is 9.89. The average Bonchev–Trinajstić information content (AvgIpc) is 3.25. The number of nitrogens with one attached hydrogen (secondary N) is 1. The lowest BCUT2D eigenvalue weighted by Crippen LogP contribution is -2.36. The number of anilines is 2. The number of hydrogen-bond acceptors (Lipinski definition) is 7. The highest BCUT2D eigenvalue weighted by Crippen LogP contribution is 2.39. The zero-order valence-corrected chi connectivity index (χ0v) is 21.5. The van der Waals surface area contributed by atoms with Crippen molar-refractivity contribution < 1.29 is 18.3 Å². The van der Waals surface area contributed by atoms with Gasteiger partial charge in [0.05, 0.1) is 45.1 Å². The Labute approximate surface area is 208 Å². The normalized spacial score (nSPS) is 14.9. The Morgan fingerprint density at radius 2 is 1.82 bits per heavy atom. The molecule has 1 aromatic heterocycles. The van der Waals surface area contributed by atoms with Crippen LogP contribution in [0.4, 0.5) is 17.1 Å². The molecule has 4 rings (SSSR count). The zero-order chi connectivity index (χ0) is 24.5. The molecule has 1 aliphatic heterocycles. The molecule has 3 aromatic rings. The number of hydrogen-bond donors (Lipinski definition) is 1. The summed E-state index contributed by atoms with van der Waals surface area (Å²) in [5.74, 6) is -0.516. The fourth-order valence-corrected chi connectivity index (χ4v) is 6.18. The first kappa shape index (κ1) is 24.5. The van der Waals surface area contributed by atoms with Gasteiger partial charge in [-0.05, 0) is 61.5 Å². The monoisotopic (exact) mass is 518 g/mol. The molecule has 0 unspecified atom stereocenters. The highest BCUT2D eigenvalue weighted by atomic mass is 35.5. The number of ether oxygens (including phenoxy) is 1. The number of thiophene rings is 1. The van der Waals surface area contributed by atoms with Crippen LogP contribution in [0.1, 0.15) is 21.6 Å². The van der Waals surface area contributed by atoms with E-state index in [1.54, 1.807) is 29.6 Å². The molecule has 0 radical (unpaired) electrons. The molecule has 2 aromatic carbocycles. The van der Waals surface area contributed by atoms with Gasteiger partial charge in [0, 0.05) is 19.0 Å². The maximum Gasteiger partial charge on any atom is 0.261 e. The summed E-state index contributed by atoms with van der Waals surface area (Å²) in [6.45, 7) is 8.24. The van der Waals surface area contributed by atoms with Gasteiger partial charge in [-0.1, -0.05) is 29.3 Å². The lowest BCUT2D eigenvalue weighted by molar-refractivity contribution is -0.212. The van der Waals surface area contributed by atoms with Crippen LogP contribution in [-0.4, -0.2) is 40.6 Å². The van der Waals surface area contributed by atoms with Crippen LogP contribution >= 0.6 is 22.9 Å². The molecule has 10 heteroatoms. The third-order valence-electron chi connectivity index (χ3n) is 5.63. The van der Waals surface area contributed by atoms with E-state index >= 15 is 0 Å². The summed E-state index contributed by atoms with van der Waals surface area (Å²) in [7, 11) is -3.85. The van der Waals surface area contributed by atoms with E-state index in [1.807, 2.05) is 20.8 Å². The van der Waals surface area contributed by atoms with Crippen LogP contribution in [-0.2, 0) is 14.8 Å². The maximum atomic E-state index is 13.2. The Kier molecular flexibility index (Phi) is 7.18. The molecule has 1 N–H and O–H groups in total. The van der Waals surface area contributed by atoms with Crippen LogP contribution in [0.15, 0.2) is 51.7 Å². The highest BCUT2D eigenvalue weighted by molar-refractivity contribution is 7.92. The Morgan fingerprint density at radius 1 is 1.15 bits per heavy atom. The van der Waals surface area contributed by atoms with Crippen molar-refractivity contribution in [2.75, 3.05) is 35.9 Å². The number of halogens is 1. The third-order valence-corrected chi connectivity index (χ3v) is 8.20. The molecule has 1 saturated heterocycles. The quantitative estimate of drug-likeness (QED) is 0.385. The van der Waals surface area contributed by atoms with Gasteiger partial charge in [0.25, 0.3) is 10.0 Å². The predicted octanol–water partition coefficient (Wildman–Crippen LogP) is 4.40. The van der Waals surface area contributed by atoms with Gasteiger partial charge in [-0.25, -0.2) is 8.42 Å². The molecule has 0 aliphatic carbocycles. The van der Waals surface area contributed by atoms with E-state index in [-0.39, 0.29) is 15.5 Å². The van der Waals surface area contributed by atoms with Crippen molar-refractivity contribution in [3.63, 3.8) is 0 Å². The number of rotatable bonds is 6. The molecule has 1 fully saturated rings. The molecule has 0 saturated carbocycles. The molecule has 0 atom stereocenters. The minimum atomic E-state index is -3.85. The maximum absolute atomic E-state index is 13.2. The summed E-state index contributed by atoms with van der Waals surface area (Å²) >= 11 is 7.70. The van der Waals surface area contributed by atoms with Crippen molar-refractivity contribution in [2.45, 2.75) is 25.7 Å². The number of morpholine rings is 1. The number of sulfonamides is 1. The number of aryl methyl sites for hydroxylation is 2. The first-order valence-electron chi connectivity index (χ1n) is 10.7. The van der Waals surface area contributed by atoms with Crippen molar-refractivity contribution in [1.82, 2.24) is 0 Å². The molecule has 180 valence electrons. The van der Waals surface area contributed by atoms with Gasteiger partial charge >= 0.3 is 0 Å². The van der Waals surface area contributed by atoms with Crippen molar-refractivity contribution in [2.24, 2.45) is 4.99 Å². The predicted molar refractivity (Wildman–Crippen MR) is 136 cm³/mol. The SMILES string of the molecule is Cc1ccc(S(=O)(=O)Nc2ccsc2C([O-])=Nc2c(C)cc(Cl)c(N3CCOCC3)c2C)cc1. The largest absolute Gasteiger partial charge is 0.858 e. The molecular formula is C24H25ClN3O4S2-. The van der Waals surface area contributed by atoms with Crippen molar-refractivity contribution in [3.05, 3.63) is 68.4 Å². The molecule has 0 amide bonds. The van der Waals surface area contributed by atoms with Gasteiger partial charge < -0.3 is 14.7 Å². The van der Waals surface area contributed by atoms with E-state index in [9.17, 15) is 13.5 Å². The van der Waals surface area contributed by atoms with Gasteiger partial charge in [0.2, 0.25) is 0 Å². The Bertz CT molecular complexity index is 1330. The Hall–Kier alpha value is -2.59. The highest BCUT2D eigenvalue weighted by Gasteiger charge is 2.21. The van der Waals surface area contributed by atoms with Crippen LogP contribution in [0.2, 0.25) is 5.02 Å². The Balaban J connectivity index is 1.68. The van der Waals surface area contributed by atoms with Gasteiger partial charge in [-0.3, -0.25) is 9.71 Å². The molecule has 1 aliphatic rings. The number of aliphatic imine (C=N–C) groups is 1. The summed E-state index contributed by atoms with van der Waals surface area (Å²) in [6.07, 6.45) is 0. The first-order chi connectivity index (χ1) is 16.2. The van der Waals surface area contributed by atoms with E-state index in [4.69, 9.17) is 16.3 Å². The summed E-state index contributed by atoms with van der Waals surface area (Å²) in [5, 5.41) is 15.4. The topological polar surface area (TPSA) is 94.1 Å². The summed E-state index contributed by atoms with van der Waals surface area (Å²) in [4.78, 5) is 6.87. The van der Waals surface area contributed by atoms with Crippen molar-refractivity contribution in [1.29, 1.82) is 0 Å². The molecule has 0 bridgehead atoms. The van der Waals surface area contributed by atoms with E-state index < -0.39 is 15.9 Å². The molecular weight excluding hydrogens is 494 g/mol. The van der Waals surface area contributed by atoms with Gasteiger partial charge in [-0.15, -0.1) is 11.3 Å². The molecule has 7 nitrogen and oxygen atoms in total. The lowest BCUT2D eigenvalue weighted by atomic mass is 10.1. The minimum absolute atomic E-state index is 0.124. The standard InChI is InChI=1S/C24H26ClN3O4S2/c1-15-4-6-18(7-5-15)34(30,31)27-20-8-13-33-23(20)24(29)26-21-16(2)14-19(25)22(17(21)3)28-9-11-32-12-10-28/h4-8,13-14,27H,9-12H2,1-3H3,(H,26,29)/p-1. The van der Waals surface area contributed by atoms with Crippen LogP contribution in [0.25, 0.3) is 0 Å². The smallest absolute Gasteiger partial charge is 0.261 e. The van der Waals surface area contributed by atoms with E-state index in [2.05, 4.69) is 14.6 Å². The number of benzene rings is 2. The third kappa shape index (κ3) is 5.07. The fourth-order valence-electron chi connectivity index (χ4n) is 3.89. The van der Waals surface area contributed by atoms with Crippen LogP contribution in [0.3, 0.4) is 0 Å². The van der Waals surface area contributed by atoms with Crippen molar-refractivity contribution in [3.8, 4) is 0 Å². The molecule has 34 heavy (non-hydrogen) atoms. The second kappa shape index (κ2) is 9.95. The van der Waals surface area contributed by atoms with E-state index in [1.165, 1.54) is 12.1 Å². The molecule has 0 spiro atoms.